The number of fused-ring (bicyclic) bond motifs is 2. The van der Waals surface area contributed by atoms with Gasteiger partial charge >= 0.3 is 0 Å². The first-order valence-corrected chi connectivity index (χ1v) is 12.1. The maximum atomic E-state index is 12.5. The number of hydrogen-bond acceptors (Lipinski definition) is 6. The lowest BCUT2D eigenvalue weighted by Crippen LogP contribution is -2.41. The van der Waals surface area contributed by atoms with Crippen LogP contribution in [-0.2, 0) is 15.1 Å². The summed E-state index contributed by atoms with van der Waals surface area (Å²) in [6, 6.07) is 6.23. The lowest BCUT2D eigenvalue weighted by atomic mass is 9.82. The monoisotopic (exact) mass is 481 g/mol. The van der Waals surface area contributed by atoms with Gasteiger partial charge in [-0.15, -0.1) is 0 Å². The van der Waals surface area contributed by atoms with E-state index < -0.39 is 0 Å². The molecule has 1 aromatic rings. The van der Waals surface area contributed by atoms with Gasteiger partial charge in [0.1, 0.15) is 17.4 Å². The van der Waals surface area contributed by atoms with E-state index in [1.165, 1.54) is 0 Å². The Labute approximate surface area is 184 Å². The van der Waals surface area contributed by atoms with Gasteiger partial charge < -0.3 is 20.5 Å². The Kier molecular flexibility index (Phi) is 6.41. The Bertz CT molecular complexity index is 799. The minimum absolute atomic E-state index is 0.0568. The van der Waals surface area contributed by atoms with Gasteiger partial charge in [0.05, 0.1) is 0 Å². The SMILES string of the molecule is CC(CC[C@H]1CC2(CSC(N)=N2)c2cc(Br)ccc2O1)NC(=O)C1CCOCC1. The summed E-state index contributed by atoms with van der Waals surface area (Å²) in [6.45, 7) is 3.44. The largest absolute Gasteiger partial charge is 0.490 e. The second-order valence-corrected chi connectivity index (χ2v) is 10.1. The first-order valence-electron chi connectivity index (χ1n) is 10.3. The molecule has 3 atom stereocenters. The van der Waals surface area contributed by atoms with Gasteiger partial charge in [-0.05, 0) is 50.8 Å². The predicted molar refractivity (Wildman–Crippen MR) is 119 cm³/mol. The minimum Gasteiger partial charge on any atom is -0.490 e. The predicted octanol–water partition coefficient (Wildman–Crippen LogP) is 3.57. The van der Waals surface area contributed by atoms with Crippen molar-refractivity contribution in [3.8, 4) is 5.75 Å². The number of nitrogens with zero attached hydrogens (tertiary/aromatic N) is 1. The van der Waals surface area contributed by atoms with E-state index in [4.69, 9.17) is 20.2 Å². The van der Waals surface area contributed by atoms with Crippen LogP contribution in [0.4, 0.5) is 0 Å². The van der Waals surface area contributed by atoms with E-state index in [0.29, 0.717) is 18.4 Å². The van der Waals surface area contributed by atoms with Crippen molar-refractivity contribution in [3.05, 3.63) is 28.2 Å². The average molecular weight is 482 g/mol. The molecular weight excluding hydrogens is 454 g/mol. The molecule has 0 aromatic heterocycles. The summed E-state index contributed by atoms with van der Waals surface area (Å²) in [6.07, 6.45) is 4.24. The molecule has 1 saturated heterocycles. The number of amidine groups is 1. The zero-order valence-corrected chi connectivity index (χ0v) is 19.1. The number of nitrogens with one attached hydrogen (secondary N) is 1. The molecule has 0 bridgehead atoms. The van der Waals surface area contributed by atoms with E-state index >= 15 is 0 Å². The third kappa shape index (κ3) is 4.75. The molecule has 3 aliphatic heterocycles. The summed E-state index contributed by atoms with van der Waals surface area (Å²) in [5.74, 6) is 1.97. The fourth-order valence-electron chi connectivity index (χ4n) is 4.38. The Balaban J connectivity index is 1.38. The standard InChI is InChI=1S/C21H28BrN3O3S/c1-13(24-19(26)14-6-8-27-9-7-14)2-4-16-11-21(12-29-20(23)25-21)17-10-15(22)3-5-18(17)28-16/h3,5,10,13-14,16H,2,4,6-9,11-12H2,1H3,(H2,23,25)(H,24,26)/t13?,16-,21?/m0/s1. The summed E-state index contributed by atoms with van der Waals surface area (Å²) in [4.78, 5) is 17.3. The Morgan fingerprint density at radius 3 is 2.97 bits per heavy atom. The van der Waals surface area contributed by atoms with Gasteiger partial charge in [-0.2, -0.15) is 0 Å². The molecule has 1 fully saturated rings. The van der Waals surface area contributed by atoms with E-state index in [1.807, 2.05) is 12.1 Å². The number of carbonyl (C=O) groups excluding carboxylic acids is 1. The number of benzene rings is 1. The molecule has 4 rings (SSSR count). The van der Waals surface area contributed by atoms with Gasteiger partial charge in [0, 0.05) is 47.4 Å². The van der Waals surface area contributed by atoms with Gasteiger partial charge in [-0.25, -0.2) is 0 Å². The number of rotatable bonds is 5. The van der Waals surface area contributed by atoms with Gasteiger partial charge in [0.2, 0.25) is 5.91 Å². The molecule has 3 heterocycles. The maximum Gasteiger partial charge on any atom is 0.223 e. The molecule has 1 spiro atoms. The van der Waals surface area contributed by atoms with Crippen LogP contribution in [0.2, 0.25) is 0 Å². The molecule has 29 heavy (non-hydrogen) atoms. The summed E-state index contributed by atoms with van der Waals surface area (Å²) in [5, 5.41) is 3.82. The summed E-state index contributed by atoms with van der Waals surface area (Å²) >= 11 is 5.18. The van der Waals surface area contributed by atoms with Crippen LogP contribution >= 0.6 is 27.7 Å². The second kappa shape index (κ2) is 8.86. The van der Waals surface area contributed by atoms with Crippen molar-refractivity contribution in [2.45, 2.75) is 56.7 Å². The first kappa shape index (κ1) is 21.0. The second-order valence-electron chi connectivity index (χ2n) is 8.23. The number of thioether (sulfide) groups is 1. The van der Waals surface area contributed by atoms with Crippen LogP contribution in [0.1, 0.15) is 44.6 Å². The van der Waals surface area contributed by atoms with Crippen molar-refractivity contribution in [1.82, 2.24) is 5.32 Å². The van der Waals surface area contributed by atoms with Crippen molar-refractivity contribution in [2.24, 2.45) is 16.6 Å². The highest BCUT2D eigenvalue weighted by Gasteiger charge is 2.45. The van der Waals surface area contributed by atoms with Crippen LogP contribution in [0.25, 0.3) is 0 Å². The highest BCUT2D eigenvalue weighted by molar-refractivity contribution is 9.10. The van der Waals surface area contributed by atoms with Gasteiger partial charge in [0.15, 0.2) is 5.17 Å². The summed E-state index contributed by atoms with van der Waals surface area (Å²) in [7, 11) is 0. The Morgan fingerprint density at radius 2 is 2.24 bits per heavy atom. The molecule has 8 heteroatoms. The molecule has 6 nitrogen and oxygen atoms in total. The first-order chi connectivity index (χ1) is 13.9. The highest BCUT2D eigenvalue weighted by atomic mass is 79.9. The van der Waals surface area contributed by atoms with Gasteiger partial charge in [0.25, 0.3) is 0 Å². The molecule has 0 aliphatic carbocycles. The van der Waals surface area contributed by atoms with Crippen LogP contribution in [0.15, 0.2) is 27.7 Å². The molecular formula is C21H28BrN3O3S. The number of carbonyl (C=O) groups is 1. The lowest BCUT2D eigenvalue weighted by Gasteiger charge is -2.38. The minimum atomic E-state index is -0.314. The zero-order chi connectivity index (χ0) is 20.4. The van der Waals surface area contributed by atoms with Crippen molar-refractivity contribution in [1.29, 1.82) is 0 Å². The summed E-state index contributed by atoms with van der Waals surface area (Å²) < 4.78 is 12.7. The van der Waals surface area contributed by atoms with Gasteiger partial charge in [-0.3, -0.25) is 9.79 Å². The Hall–Kier alpha value is -1.25. The molecule has 1 amide bonds. The number of aliphatic imine (C=N–C) groups is 1. The highest BCUT2D eigenvalue weighted by Crippen LogP contribution is 2.48. The van der Waals surface area contributed by atoms with E-state index in [9.17, 15) is 4.79 Å². The fourth-order valence-corrected chi connectivity index (χ4v) is 5.70. The number of nitrogens with two attached hydrogens (primary N) is 1. The molecule has 3 aliphatic rings. The molecule has 0 radical (unpaired) electrons. The van der Waals surface area contributed by atoms with E-state index in [2.05, 4.69) is 34.2 Å². The van der Waals surface area contributed by atoms with E-state index in [1.54, 1.807) is 11.8 Å². The van der Waals surface area contributed by atoms with Gasteiger partial charge in [-0.1, -0.05) is 27.7 Å². The number of hydrogen-bond donors (Lipinski definition) is 2. The van der Waals surface area contributed by atoms with Crippen LogP contribution < -0.4 is 15.8 Å². The van der Waals surface area contributed by atoms with Crippen molar-refractivity contribution < 1.29 is 14.3 Å². The molecule has 2 unspecified atom stereocenters. The van der Waals surface area contributed by atoms with Crippen molar-refractivity contribution in [3.63, 3.8) is 0 Å². The van der Waals surface area contributed by atoms with Crippen LogP contribution in [0.3, 0.4) is 0 Å². The van der Waals surface area contributed by atoms with E-state index in [0.717, 1.165) is 53.6 Å². The zero-order valence-electron chi connectivity index (χ0n) is 16.7. The molecule has 1 aromatic carbocycles. The topological polar surface area (TPSA) is 85.9 Å². The third-order valence-corrected chi connectivity index (χ3v) is 7.49. The normalized spacial score (nSPS) is 27.8. The Morgan fingerprint density at radius 1 is 1.45 bits per heavy atom. The molecule has 158 valence electrons. The quantitative estimate of drug-likeness (QED) is 0.671. The van der Waals surface area contributed by atoms with Crippen LogP contribution in [-0.4, -0.2) is 42.2 Å². The summed E-state index contributed by atoms with van der Waals surface area (Å²) in [5.41, 5.74) is 6.83. The molecule has 0 saturated carbocycles. The number of ether oxygens (including phenoxy) is 2. The number of halogens is 1. The molecule has 3 N–H and O–H groups in total. The van der Waals surface area contributed by atoms with Crippen molar-refractivity contribution in [2.75, 3.05) is 19.0 Å². The smallest absolute Gasteiger partial charge is 0.223 e. The average Bonchev–Trinajstić information content (AvgIpc) is 3.08. The third-order valence-electron chi connectivity index (χ3n) is 5.99. The fraction of sp³-hybridized carbons (Fsp3) is 0.619. The van der Waals surface area contributed by atoms with Crippen LogP contribution in [0.5, 0.6) is 5.75 Å². The van der Waals surface area contributed by atoms with Crippen molar-refractivity contribution >= 4 is 38.8 Å². The maximum absolute atomic E-state index is 12.5. The lowest BCUT2D eigenvalue weighted by molar-refractivity contribution is -0.128. The van der Waals surface area contributed by atoms with Crippen LogP contribution in [0, 0.1) is 5.92 Å². The van der Waals surface area contributed by atoms with E-state index in [-0.39, 0.29) is 29.5 Å². The number of amides is 1.